The summed E-state index contributed by atoms with van der Waals surface area (Å²) in [4.78, 5) is 3.86. The van der Waals surface area contributed by atoms with Gasteiger partial charge in [-0.2, -0.15) is 4.98 Å². The minimum Gasteiger partial charge on any atom is -0.485 e. The fraction of sp³-hybridized carbons (Fsp3) is 0.333. The number of aromatic nitrogens is 2. The third-order valence-corrected chi connectivity index (χ3v) is 2.38. The van der Waals surface area contributed by atoms with E-state index in [9.17, 15) is 5.11 Å². The van der Waals surface area contributed by atoms with Crippen LogP contribution >= 0.6 is 0 Å². The van der Waals surface area contributed by atoms with Gasteiger partial charge in [-0.3, -0.25) is 0 Å². The maximum Gasteiger partial charge on any atom is 0.213 e. The molecule has 0 saturated carbocycles. The van der Waals surface area contributed by atoms with E-state index in [1.807, 2.05) is 25.1 Å². The molecule has 0 aliphatic heterocycles. The largest absolute Gasteiger partial charge is 0.485 e. The Balaban J connectivity index is 2.14. The Morgan fingerprint density at radius 3 is 2.94 bits per heavy atom. The molecule has 1 aromatic heterocycles. The Bertz CT molecular complexity index is 481. The quantitative estimate of drug-likeness (QED) is 0.876. The lowest BCUT2D eigenvalue weighted by atomic mass is 10.1. The summed E-state index contributed by atoms with van der Waals surface area (Å²) < 4.78 is 10.2. The van der Waals surface area contributed by atoms with Crippen LogP contribution in [0.15, 0.2) is 29.1 Å². The zero-order valence-corrected chi connectivity index (χ0v) is 9.75. The van der Waals surface area contributed by atoms with E-state index in [1.165, 1.54) is 6.39 Å². The van der Waals surface area contributed by atoms with Crippen molar-refractivity contribution in [3.8, 4) is 5.75 Å². The molecule has 0 bridgehead atoms. The number of aryl methyl sites for hydroxylation is 1. The van der Waals surface area contributed by atoms with Crippen molar-refractivity contribution in [2.75, 3.05) is 0 Å². The number of hydrogen-bond acceptors (Lipinski definition) is 5. The van der Waals surface area contributed by atoms with Crippen LogP contribution < -0.4 is 4.74 Å². The molecule has 1 heterocycles. The first-order chi connectivity index (χ1) is 8.16. The van der Waals surface area contributed by atoms with Crippen molar-refractivity contribution in [3.63, 3.8) is 0 Å². The molecule has 2 aromatic rings. The maximum absolute atomic E-state index is 9.66. The average Bonchev–Trinajstić information content (AvgIpc) is 2.80. The molecule has 2 rings (SSSR count). The monoisotopic (exact) mass is 234 g/mol. The van der Waals surface area contributed by atoms with Gasteiger partial charge in [0.2, 0.25) is 12.2 Å². The topological polar surface area (TPSA) is 68.4 Å². The van der Waals surface area contributed by atoms with E-state index in [4.69, 9.17) is 4.74 Å². The van der Waals surface area contributed by atoms with Gasteiger partial charge in [-0.15, -0.1) is 0 Å². The number of nitrogens with zero attached hydrogens (tertiary/aromatic N) is 2. The number of aliphatic hydroxyl groups is 1. The van der Waals surface area contributed by atoms with Gasteiger partial charge in [0.05, 0.1) is 6.10 Å². The van der Waals surface area contributed by atoms with E-state index >= 15 is 0 Å². The highest BCUT2D eigenvalue weighted by Crippen LogP contribution is 2.26. The summed E-state index contributed by atoms with van der Waals surface area (Å²) in [6, 6.07) is 5.66. The molecule has 5 nitrogen and oxygen atoms in total. The summed E-state index contributed by atoms with van der Waals surface area (Å²) in [6.45, 7) is 3.89. The van der Waals surface area contributed by atoms with Gasteiger partial charge in [-0.05, 0) is 26.0 Å². The van der Waals surface area contributed by atoms with Crippen LogP contribution in [0.4, 0.5) is 0 Å². The molecular formula is C12H14N2O3. The van der Waals surface area contributed by atoms with Gasteiger partial charge in [0, 0.05) is 5.56 Å². The second-order valence-electron chi connectivity index (χ2n) is 3.85. The minimum atomic E-state index is -0.574. The normalized spacial score (nSPS) is 12.4. The van der Waals surface area contributed by atoms with Gasteiger partial charge in [0.25, 0.3) is 0 Å². The van der Waals surface area contributed by atoms with E-state index in [-0.39, 0.29) is 6.61 Å². The number of aliphatic hydroxyl groups excluding tert-OH is 1. The van der Waals surface area contributed by atoms with Crippen LogP contribution in [0.1, 0.15) is 30.0 Å². The number of rotatable bonds is 4. The molecular weight excluding hydrogens is 220 g/mol. The predicted octanol–water partition coefficient (Wildman–Crippen LogP) is 2.01. The second-order valence-corrected chi connectivity index (χ2v) is 3.85. The van der Waals surface area contributed by atoms with Crippen LogP contribution in [0.5, 0.6) is 5.75 Å². The van der Waals surface area contributed by atoms with Crippen molar-refractivity contribution < 1.29 is 14.4 Å². The lowest BCUT2D eigenvalue weighted by Crippen LogP contribution is -2.02. The van der Waals surface area contributed by atoms with E-state index in [1.54, 1.807) is 6.92 Å². The lowest BCUT2D eigenvalue weighted by Gasteiger charge is -2.13. The predicted molar refractivity (Wildman–Crippen MR) is 60.4 cm³/mol. The number of hydrogen-bond donors (Lipinski definition) is 1. The minimum absolute atomic E-state index is 0.222. The van der Waals surface area contributed by atoms with Crippen LogP contribution in [0, 0.1) is 6.92 Å². The van der Waals surface area contributed by atoms with Crippen LogP contribution in [-0.4, -0.2) is 15.2 Å². The van der Waals surface area contributed by atoms with Crippen LogP contribution in [0.2, 0.25) is 0 Å². The summed E-state index contributed by atoms with van der Waals surface area (Å²) in [5.74, 6) is 1.11. The zero-order valence-electron chi connectivity index (χ0n) is 9.75. The SMILES string of the molecule is Cc1ccc(OCc2ncon2)c(C(C)O)c1. The van der Waals surface area contributed by atoms with E-state index in [0.717, 1.165) is 11.1 Å². The van der Waals surface area contributed by atoms with Crippen molar-refractivity contribution in [1.82, 2.24) is 10.1 Å². The lowest BCUT2D eigenvalue weighted by molar-refractivity contribution is 0.189. The molecule has 0 radical (unpaired) electrons. The van der Waals surface area contributed by atoms with E-state index < -0.39 is 6.10 Å². The van der Waals surface area contributed by atoms with Crippen molar-refractivity contribution in [2.24, 2.45) is 0 Å². The number of ether oxygens (including phenoxy) is 1. The van der Waals surface area contributed by atoms with E-state index in [2.05, 4.69) is 14.7 Å². The fourth-order valence-corrected chi connectivity index (χ4v) is 1.52. The van der Waals surface area contributed by atoms with Crippen LogP contribution in [0.3, 0.4) is 0 Å². The van der Waals surface area contributed by atoms with Crippen LogP contribution in [0.25, 0.3) is 0 Å². The average molecular weight is 234 g/mol. The first-order valence-electron chi connectivity index (χ1n) is 5.33. The highest BCUT2D eigenvalue weighted by Gasteiger charge is 2.10. The molecule has 5 heteroatoms. The van der Waals surface area contributed by atoms with Crippen LogP contribution in [-0.2, 0) is 6.61 Å². The first-order valence-corrected chi connectivity index (χ1v) is 5.33. The Morgan fingerprint density at radius 1 is 1.47 bits per heavy atom. The smallest absolute Gasteiger partial charge is 0.213 e. The van der Waals surface area contributed by atoms with Gasteiger partial charge < -0.3 is 14.4 Å². The summed E-state index contributed by atoms with van der Waals surface area (Å²) in [5, 5.41) is 13.3. The Labute approximate surface area is 99.0 Å². The molecule has 1 unspecified atom stereocenters. The molecule has 0 amide bonds. The summed E-state index contributed by atoms with van der Waals surface area (Å²) in [7, 11) is 0. The summed E-state index contributed by atoms with van der Waals surface area (Å²) in [6.07, 6.45) is 0.679. The molecule has 17 heavy (non-hydrogen) atoms. The molecule has 1 atom stereocenters. The van der Waals surface area contributed by atoms with Crippen molar-refractivity contribution in [3.05, 3.63) is 41.5 Å². The van der Waals surface area contributed by atoms with Gasteiger partial charge in [-0.25, -0.2) is 0 Å². The van der Waals surface area contributed by atoms with Gasteiger partial charge in [0.1, 0.15) is 5.75 Å². The second kappa shape index (κ2) is 4.97. The molecule has 1 aromatic carbocycles. The van der Waals surface area contributed by atoms with Crippen molar-refractivity contribution in [2.45, 2.75) is 26.6 Å². The molecule has 0 spiro atoms. The molecule has 90 valence electrons. The Kier molecular flexibility index (Phi) is 3.39. The number of benzene rings is 1. The summed E-state index contributed by atoms with van der Waals surface area (Å²) in [5.41, 5.74) is 1.83. The molecule has 0 aliphatic rings. The standard InChI is InChI=1S/C12H14N2O3/c1-8-3-4-11(10(5-8)9(2)15)16-6-12-13-7-17-14-12/h3-5,7,9,15H,6H2,1-2H3. The summed E-state index contributed by atoms with van der Waals surface area (Å²) >= 11 is 0. The molecule has 1 N–H and O–H groups in total. The molecule has 0 saturated heterocycles. The van der Waals surface area contributed by atoms with Crippen molar-refractivity contribution in [1.29, 1.82) is 0 Å². The Hall–Kier alpha value is -1.88. The van der Waals surface area contributed by atoms with Gasteiger partial charge in [-0.1, -0.05) is 16.8 Å². The zero-order chi connectivity index (χ0) is 12.3. The first kappa shape index (κ1) is 11.6. The fourth-order valence-electron chi connectivity index (χ4n) is 1.52. The highest BCUT2D eigenvalue weighted by molar-refractivity contribution is 5.38. The van der Waals surface area contributed by atoms with Gasteiger partial charge in [0.15, 0.2) is 6.61 Å². The highest BCUT2D eigenvalue weighted by atomic mass is 16.5. The third-order valence-electron chi connectivity index (χ3n) is 2.38. The van der Waals surface area contributed by atoms with E-state index in [0.29, 0.717) is 11.6 Å². The third kappa shape index (κ3) is 2.82. The molecule has 0 fully saturated rings. The maximum atomic E-state index is 9.66. The van der Waals surface area contributed by atoms with Crippen molar-refractivity contribution >= 4 is 0 Å². The molecule has 0 aliphatic carbocycles. The Morgan fingerprint density at radius 2 is 2.29 bits per heavy atom. The van der Waals surface area contributed by atoms with Gasteiger partial charge >= 0.3 is 0 Å².